The van der Waals surface area contributed by atoms with Gasteiger partial charge >= 0.3 is 6.18 Å². The fraction of sp³-hybridized carbons (Fsp3) is 0.400. The zero-order valence-electron chi connectivity index (χ0n) is 8.44. The average molecular weight is 220 g/mol. The Balaban J connectivity index is 4.96. The Hall–Kier alpha value is -1.39. The number of Topliss-reactive ketones (excluding diaryl/α,β-unsaturated/α-hetero) is 1. The minimum atomic E-state index is -4.54. The van der Waals surface area contributed by atoms with Gasteiger partial charge in [0, 0.05) is 5.57 Å². The molecule has 2 nitrogen and oxygen atoms in total. The Kier molecular flexibility index (Phi) is 4.45. The lowest BCUT2D eigenvalue weighted by molar-refractivity contribution is -0.119. The van der Waals surface area contributed by atoms with Crippen molar-refractivity contribution >= 4 is 11.6 Å². The number of ketones is 2. The molecule has 0 bridgehead atoms. The fourth-order valence-corrected chi connectivity index (χ4v) is 0.803. The predicted molar refractivity (Wildman–Crippen MR) is 49.3 cm³/mol. The van der Waals surface area contributed by atoms with Crippen LogP contribution < -0.4 is 0 Å². The zero-order chi connectivity index (χ0) is 12.2. The molecule has 0 unspecified atom stereocenters. The van der Waals surface area contributed by atoms with Crippen molar-refractivity contribution in [3.63, 3.8) is 0 Å². The van der Waals surface area contributed by atoms with E-state index in [1.165, 1.54) is 6.92 Å². The Bertz CT molecular complexity index is 324. The van der Waals surface area contributed by atoms with Crippen molar-refractivity contribution < 1.29 is 22.8 Å². The number of rotatable bonds is 4. The molecule has 84 valence electrons. The first kappa shape index (κ1) is 13.6. The summed E-state index contributed by atoms with van der Waals surface area (Å²) in [6.45, 7) is 5.47. The lowest BCUT2D eigenvalue weighted by Crippen LogP contribution is -2.15. The summed E-state index contributed by atoms with van der Waals surface area (Å²) in [5.74, 6) is -1.62. The van der Waals surface area contributed by atoms with Crippen molar-refractivity contribution in [2.24, 2.45) is 0 Å². The SMILES string of the molecule is C=C(C(C)=O)C(=O)/C=C(\CC)C(F)(F)F. The molecule has 0 spiro atoms. The number of allylic oxidation sites excluding steroid dienone is 3. The molecule has 0 saturated heterocycles. The summed E-state index contributed by atoms with van der Waals surface area (Å²) in [5, 5.41) is 0. The van der Waals surface area contributed by atoms with Crippen LogP contribution in [0.1, 0.15) is 20.3 Å². The van der Waals surface area contributed by atoms with E-state index in [-0.39, 0.29) is 6.42 Å². The van der Waals surface area contributed by atoms with Crippen LogP contribution in [0.25, 0.3) is 0 Å². The molecule has 0 heterocycles. The van der Waals surface area contributed by atoms with Gasteiger partial charge in [0.05, 0.1) is 5.57 Å². The summed E-state index contributed by atoms with van der Waals surface area (Å²) >= 11 is 0. The van der Waals surface area contributed by atoms with Crippen LogP contribution in [-0.2, 0) is 9.59 Å². The molecule has 0 aromatic rings. The van der Waals surface area contributed by atoms with Gasteiger partial charge in [-0.25, -0.2) is 0 Å². The van der Waals surface area contributed by atoms with Gasteiger partial charge in [-0.2, -0.15) is 13.2 Å². The van der Waals surface area contributed by atoms with Gasteiger partial charge in [-0.05, 0) is 19.4 Å². The van der Waals surface area contributed by atoms with Crippen LogP contribution in [-0.4, -0.2) is 17.7 Å². The summed E-state index contributed by atoms with van der Waals surface area (Å²) in [4.78, 5) is 21.8. The molecular formula is C10H11F3O2. The number of alkyl halides is 3. The highest BCUT2D eigenvalue weighted by Crippen LogP contribution is 2.28. The molecule has 0 aliphatic rings. The number of halogens is 3. The van der Waals surface area contributed by atoms with E-state index >= 15 is 0 Å². The molecule has 0 aromatic heterocycles. The van der Waals surface area contributed by atoms with Gasteiger partial charge in [-0.15, -0.1) is 0 Å². The van der Waals surface area contributed by atoms with E-state index in [1.807, 2.05) is 0 Å². The maximum atomic E-state index is 12.2. The molecule has 15 heavy (non-hydrogen) atoms. The first-order valence-electron chi connectivity index (χ1n) is 4.22. The van der Waals surface area contributed by atoms with Crippen molar-refractivity contribution in [1.29, 1.82) is 0 Å². The molecule has 0 aliphatic heterocycles. The minimum absolute atomic E-state index is 0.319. The second-order valence-corrected chi connectivity index (χ2v) is 2.92. The Morgan fingerprint density at radius 2 is 1.80 bits per heavy atom. The first-order valence-corrected chi connectivity index (χ1v) is 4.22. The summed E-state index contributed by atoms with van der Waals surface area (Å²) in [7, 11) is 0. The van der Waals surface area contributed by atoms with E-state index in [9.17, 15) is 22.8 Å². The van der Waals surface area contributed by atoms with Crippen molar-refractivity contribution in [3.05, 3.63) is 23.8 Å². The Labute approximate surface area is 85.5 Å². The standard InChI is InChI=1S/C10H11F3O2/c1-4-8(10(11,12)13)5-9(15)6(2)7(3)14/h5H,2,4H2,1,3H3/b8-5+. The predicted octanol–water partition coefficient (Wildman–Crippen LogP) is 2.60. The smallest absolute Gasteiger partial charge is 0.294 e. The lowest BCUT2D eigenvalue weighted by atomic mass is 10.1. The number of hydrogen-bond acceptors (Lipinski definition) is 2. The van der Waals surface area contributed by atoms with Gasteiger partial charge in [0.15, 0.2) is 11.6 Å². The third kappa shape index (κ3) is 4.10. The highest BCUT2D eigenvalue weighted by atomic mass is 19.4. The molecule has 0 saturated carbocycles. The van der Waals surface area contributed by atoms with Crippen molar-refractivity contribution in [2.45, 2.75) is 26.4 Å². The van der Waals surface area contributed by atoms with E-state index in [0.717, 1.165) is 6.92 Å². The summed E-state index contributed by atoms with van der Waals surface area (Å²) in [5.41, 5.74) is -1.40. The zero-order valence-corrected chi connectivity index (χ0v) is 8.44. The monoisotopic (exact) mass is 220 g/mol. The van der Waals surface area contributed by atoms with Crippen molar-refractivity contribution in [3.8, 4) is 0 Å². The van der Waals surface area contributed by atoms with Gasteiger partial charge in [0.25, 0.3) is 0 Å². The fourth-order valence-electron chi connectivity index (χ4n) is 0.803. The number of carbonyl (C=O) groups excluding carboxylic acids is 2. The number of carbonyl (C=O) groups is 2. The van der Waals surface area contributed by atoms with Crippen LogP contribution in [0.15, 0.2) is 23.8 Å². The first-order chi connectivity index (χ1) is 6.70. The highest BCUT2D eigenvalue weighted by Gasteiger charge is 2.32. The van der Waals surface area contributed by atoms with Gasteiger partial charge in [-0.1, -0.05) is 13.5 Å². The molecule has 0 amide bonds. The molecule has 0 rings (SSSR count). The third-order valence-corrected chi connectivity index (χ3v) is 1.77. The van der Waals surface area contributed by atoms with Crippen LogP contribution >= 0.6 is 0 Å². The topological polar surface area (TPSA) is 34.1 Å². The molecule has 0 atom stereocenters. The van der Waals surface area contributed by atoms with Crippen molar-refractivity contribution in [1.82, 2.24) is 0 Å². The Morgan fingerprint density at radius 3 is 2.07 bits per heavy atom. The quantitative estimate of drug-likeness (QED) is 0.414. The van der Waals surface area contributed by atoms with Crippen LogP contribution in [0.3, 0.4) is 0 Å². The van der Waals surface area contributed by atoms with E-state index in [0.29, 0.717) is 6.08 Å². The van der Waals surface area contributed by atoms with Gasteiger partial charge in [0.1, 0.15) is 0 Å². The van der Waals surface area contributed by atoms with Crippen LogP contribution in [0, 0.1) is 0 Å². The maximum Gasteiger partial charge on any atom is 0.412 e. The summed E-state index contributed by atoms with van der Waals surface area (Å²) in [6.07, 6.45) is -4.44. The molecule has 5 heteroatoms. The molecule has 0 radical (unpaired) electrons. The summed E-state index contributed by atoms with van der Waals surface area (Å²) < 4.78 is 36.6. The second-order valence-electron chi connectivity index (χ2n) is 2.92. The molecule has 0 N–H and O–H groups in total. The minimum Gasteiger partial charge on any atom is -0.294 e. The molecule has 0 fully saturated rings. The second kappa shape index (κ2) is 4.91. The van der Waals surface area contributed by atoms with Crippen LogP contribution in [0.4, 0.5) is 13.2 Å². The highest BCUT2D eigenvalue weighted by molar-refractivity contribution is 6.23. The Morgan fingerprint density at radius 1 is 1.33 bits per heavy atom. The van der Waals surface area contributed by atoms with E-state index < -0.39 is 28.9 Å². The van der Waals surface area contributed by atoms with E-state index in [4.69, 9.17) is 0 Å². The normalized spacial score (nSPS) is 12.5. The number of hydrogen-bond donors (Lipinski definition) is 0. The summed E-state index contributed by atoms with van der Waals surface area (Å²) in [6, 6.07) is 0. The third-order valence-electron chi connectivity index (χ3n) is 1.77. The van der Waals surface area contributed by atoms with E-state index in [1.54, 1.807) is 0 Å². The average Bonchev–Trinajstić information content (AvgIpc) is 2.10. The van der Waals surface area contributed by atoms with E-state index in [2.05, 4.69) is 6.58 Å². The maximum absolute atomic E-state index is 12.2. The van der Waals surface area contributed by atoms with Crippen molar-refractivity contribution in [2.75, 3.05) is 0 Å². The van der Waals surface area contributed by atoms with Gasteiger partial charge < -0.3 is 0 Å². The largest absolute Gasteiger partial charge is 0.412 e. The van der Waals surface area contributed by atoms with Gasteiger partial charge in [0.2, 0.25) is 0 Å². The van der Waals surface area contributed by atoms with Crippen LogP contribution in [0.2, 0.25) is 0 Å². The molecule has 0 aliphatic carbocycles. The van der Waals surface area contributed by atoms with Crippen LogP contribution in [0.5, 0.6) is 0 Å². The lowest BCUT2D eigenvalue weighted by Gasteiger charge is -2.08. The van der Waals surface area contributed by atoms with Gasteiger partial charge in [-0.3, -0.25) is 9.59 Å². The molecular weight excluding hydrogens is 209 g/mol. The molecule has 0 aromatic carbocycles.